The topological polar surface area (TPSA) is 139 Å². The quantitative estimate of drug-likeness (QED) is 0.127. The van der Waals surface area contributed by atoms with Gasteiger partial charge < -0.3 is 29.4 Å². The number of nitrogens with zero attached hydrogens (tertiary/aromatic N) is 6. The lowest BCUT2D eigenvalue weighted by atomic mass is 9.89. The van der Waals surface area contributed by atoms with Gasteiger partial charge in [-0.15, -0.1) is 90.7 Å². The van der Waals surface area contributed by atoms with Crippen LogP contribution < -0.4 is 19.6 Å². The minimum absolute atomic E-state index is 0.0862. The molecule has 0 unspecified atom stereocenters. The SMILES string of the molecule is CC(=O)c1sc2c(C)sc(C)c2c1C.Cc1cc2c(s1)/C(=C1\C(=O)N(C)c3cc(C)sc31)C(=O)N2C.Cc1ccc2c(c1)N(C)C(=O)/C2=C1/C(=O)N(C)c2cc(C)ccc21.Cc1sc(C2=C3C(=O)N(C)C(c4sc(C)c(C)c4C)=C3C(=O)N2C)c(C)c1C.Cc1sc2c(c1C)c(C)c(C)c1c3sc(C)c(C)c3c(C)c(C)c21. The van der Waals surface area contributed by atoms with Gasteiger partial charge in [0.05, 0.1) is 92.0 Å². The first-order valence-electron chi connectivity index (χ1n) is 37.2. The lowest BCUT2D eigenvalue weighted by Crippen LogP contribution is -2.25. The van der Waals surface area contributed by atoms with Crippen molar-refractivity contribution in [2.75, 3.05) is 61.9 Å². The molecule has 6 aliphatic rings. The van der Waals surface area contributed by atoms with Gasteiger partial charge in [-0.25, -0.2) is 0 Å². The van der Waals surface area contributed by atoms with E-state index < -0.39 is 0 Å². The molecule has 6 aliphatic heterocycles. The second-order valence-electron chi connectivity index (χ2n) is 30.5. The summed E-state index contributed by atoms with van der Waals surface area (Å²) in [5.41, 5.74) is 26.8. The Morgan fingerprint density at radius 2 is 0.607 bits per heavy atom. The molecule has 14 heterocycles. The van der Waals surface area contributed by atoms with Crippen molar-refractivity contribution in [1.29, 1.82) is 0 Å². The molecule has 8 aromatic heterocycles. The van der Waals surface area contributed by atoms with Crippen LogP contribution in [0, 0.1) is 145 Å². The molecule has 0 spiro atoms. The van der Waals surface area contributed by atoms with Crippen molar-refractivity contribution in [2.24, 2.45) is 0 Å². The van der Waals surface area contributed by atoms with Crippen LogP contribution in [0.25, 0.3) is 74.7 Å². The number of hydrogen-bond acceptors (Lipinski definition) is 15. The summed E-state index contributed by atoms with van der Waals surface area (Å²) in [6, 6.07) is 15.8. The first kappa shape index (κ1) is 79.6. The number of thiophene rings is 8. The minimum Gasteiger partial charge on any atom is -0.311 e. The molecule has 0 saturated heterocycles. The summed E-state index contributed by atoms with van der Waals surface area (Å²) >= 11 is 13.9. The first-order valence-corrected chi connectivity index (χ1v) is 43.7. The molecule has 0 saturated carbocycles. The highest BCUT2D eigenvalue weighted by molar-refractivity contribution is 7.26. The lowest BCUT2D eigenvalue weighted by molar-refractivity contribution is -0.123. The van der Waals surface area contributed by atoms with Gasteiger partial charge >= 0.3 is 0 Å². The molecule has 6 amide bonds. The molecule has 18 rings (SSSR count). The number of likely N-dealkylation sites (N-methyl/N-ethyl adjacent to an activating group) is 6. The van der Waals surface area contributed by atoms with Crippen LogP contribution >= 0.6 is 90.7 Å². The van der Waals surface area contributed by atoms with Gasteiger partial charge in [0.15, 0.2) is 5.78 Å². The highest BCUT2D eigenvalue weighted by atomic mass is 32.1. The summed E-state index contributed by atoms with van der Waals surface area (Å²) in [4.78, 5) is 114. The Labute approximate surface area is 687 Å². The minimum atomic E-state index is -0.124. The fourth-order valence-electron chi connectivity index (χ4n) is 16.6. The smallest absolute Gasteiger partial charge is 0.261 e. The summed E-state index contributed by atoms with van der Waals surface area (Å²) in [7, 11) is 10.6. The highest BCUT2D eigenvalue weighted by Gasteiger charge is 2.49. The van der Waals surface area contributed by atoms with Gasteiger partial charge in [-0.3, -0.25) is 33.6 Å². The van der Waals surface area contributed by atoms with Gasteiger partial charge in [0.1, 0.15) is 0 Å². The predicted octanol–water partition coefficient (Wildman–Crippen LogP) is 23.0. The zero-order valence-corrected chi connectivity index (χ0v) is 75.5. The number of anilines is 4. The maximum atomic E-state index is 13.3. The maximum Gasteiger partial charge on any atom is 0.261 e. The number of benzene rings is 4. The van der Waals surface area contributed by atoms with E-state index in [-0.39, 0.29) is 41.2 Å². The van der Waals surface area contributed by atoms with E-state index in [0.29, 0.717) is 33.4 Å². The molecule has 576 valence electrons. The third-order valence-corrected chi connectivity index (χ3v) is 33.6. The molecule has 4 aromatic carbocycles. The monoisotopic (exact) mass is 1640 g/mol. The molecule has 21 heteroatoms. The number of hydrogen-bond donors (Lipinski definition) is 0. The van der Waals surface area contributed by atoms with Gasteiger partial charge in [-0.1, -0.05) is 24.3 Å². The van der Waals surface area contributed by atoms with Crippen LogP contribution in [-0.2, 0) is 28.8 Å². The number of Topliss-reactive ketones (excluding diaryl/α,β-unsaturated/α-hetero) is 1. The summed E-state index contributed by atoms with van der Waals surface area (Å²) in [5, 5.41) is 7.30. The fraction of sp³-hybridized carbons (Fsp3) is 0.308. The van der Waals surface area contributed by atoms with Gasteiger partial charge in [-0.2, -0.15) is 0 Å². The van der Waals surface area contributed by atoms with E-state index in [4.69, 9.17) is 0 Å². The molecular weight excluding hydrogens is 1550 g/mol. The van der Waals surface area contributed by atoms with Crippen molar-refractivity contribution in [3.05, 3.63) is 207 Å². The summed E-state index contributed by atoms with van der Waals surface area (Å²) in [6.07, 6.45) is 0. The lowest BCUT2D eigenvalue weighted by Gasteiger charge is -2.19. The molecule has 0 N–H and O–H groups in total. The molecule has 13 nitrogen and oxygen atoms in total. The molecule has 12 aromatic rings. The summed E-state index contributed by atoms with van der Waals surface area (Å²) < 4.78 is 4.29. The van der Waals surface area contributed by atoms with Gasteiger partial charge in [-0.05, 0) is 260 Å². The first-order chi connectivity index (χ1) is 52.6. The van der Waals surface area contributed by atoms with Gasteiger partial charge in [0.2, 0.25) is 0 Å². The van der Waals surface area contributed by atoms with Crippen LogP contribution in [-0.4, -0.2) is 93.3 Å². The Morgan fingerprint density at radius 3 is 0.955 bits per heavy atom. The van der Waals surface area contributed by atoms with Crippen LogP contribution in [0.15, 0.2) is 59.7 Å². The predicted molar refractivity (Wildman–Crippen MR) is 481 cm³/mol. The van der Waals surface area contributed by atoms with E-state index in [1.807, 2.05) is 110 Å². The third kappa shape index (κ3) is 12.1. The van der Waals surface area contributed by atoms with Crippen molar-refractivity contribution in [3.63, 3.8) is 0 Å². The summed E-state index contributed by atoms with van der Waals surface area (Å²) in [5.74, 6) is -0.421. The van der Waals surface area contributed by atoms with Crippen LogP contribution in [0.5, 0.6) is 0 Å². The van der Waals surface area contributed by atoms with Crippen molar-refractivity contribution < 1.29 is 33.6 Å². The second kappa shape index (κ2) is 28.8. The Kier molecular flexibility index (Phi) is 20.5. The van der Waals surface area contributed by atoms with Crippen molar-refractivity contribution in [1.82, 2.24) is 9.80 Å². The Balaban J connectivity index is 0.000000118. The van der Waals surface area contributed by atoms with Crippen LogP contribution in [0.4, 0.5) is 22.7 Å². The van der Waals surface area contributed by atoms with Crippen molar-refractivity contribution >= 4 is 229 Å². The van der Waals surface area contributed by atoms with E-state index in [2.05, 4.69) is 118 Å². The molecule has 0 aliphatic carbocycles. The van der Waals surface area contributed by atoms with Crippen molar-refractivity contribution in [3.8, 4) is 0 Å². The van der Waals surface area contributed by atoms with Crippen LogP contribution in [0.3, 0.4) is 0 Å². The van der Waals surface area contributed by atoms with Crippen LogP contribution in [0.1, 0.15) is 159 Å². The van der Waals surface area contributed by atoms with E-state index in [9.17, 15) is 33.6 Å². The van der Waals surface area contributed by atoms with Gasteiger partial charge in [0, 0.05) is 123 Å². The summed E-state index contributed by atoms with van der Waals surface area (Å²) in [6.45, 7) is 46.9. The largest absolute Gasteiger partial charge is 0.311 e. The zero-order valence-electron chi connectivity index (χ0n) is 68.9. The Hall–Kier alpha value is -9.03. The molecule has 0 fully saturated rings. The Bertz CT molecular complexity index is 6110. The average molecular weight is 1640 g/mol. The molecular formula is C91H92N6O7S8. The fourth-order valence-corrected chi connectivity index (χ4v) is 26.4. The standard InChI is InChI=1S/C22H24N2O2S2.C22H24S2.C20H18N2O2.C16H14N2O2S2.C11H12OS2/c1-9-11(3)19(27-13(9)5)17-15-16(22(26)23(17)7)18(24(8)21(15)25)20-12(4)10(2)14(6)28-20;1-9-11(3)19-20(21-17(9)13(5)15(7)23-21)12(4)10(2)18-14(6)16(8)24-22(18)19;1-11-5-7-13-15(9-11)21(3)19(23)17(13)18-14-8-6-12(2)10-16(14)22(4)20(18)24;1-7-5-9-13(21-7)11(15(19)17(9)3)12-14-10(6-8(2)22-14)18(4)16(12)20;1-5-9-7(3)13-8(4)11(9)14-10(5)6(2)12/h1-8H3;1-8H3;5-10H,1-4H3;5-6H,1-4H3;1-4H3/b;;18-17+;12-11+;. The Morgan fingerprint density at radius 1 is 0.268 bits per heavy atom. The van der Waals surface area contributed by atoms with Gasteiger partial charge in [0.25, 0.3) is 35.4 Å². The molecule has 112 heavy (non-hydrogen) atoms. The van der Waals surface area contributed by atoms with Crippen LogP contribution in [0.2, 0.25) is 0 Å². The number of rotatable bonds is 3. The second-order valence-corrected chi connectivity index (χ2v) is 40.4. The average Bonchev–Trinajstić information content (AvgIpc) is 1.44. The number of aryl methyl sites for hydroxylation is 17. The number of carbonyl (C=O) groups is 7. The number of carbonyl (C=O) groups excluding carboxylic acids is 7. The third-order valence-electron chi connectivity index (χ3n) is 23.8. The molecule has 0 radical (unpaired) electrons. The van der Waals surface area contributed by atoms with Crippen molar-refractivity contribution in [2.45, 2.75) is 152 Å². The molecule has 0 atom stereocenters. The normalized spacial score (nSPS) is 16.3. The zero-order chi connectivity index (χ0) is 81.5. The van der Waals surface area contributed by atoms with E-state index in [1.54, 1.807) is 135 Å². The number of amides is 6. The van der Waals surface area contributed by atoms with E-state index >= 15 is 0 Å². The van der Waals surface area contributed by atoms with E-state index in [0.717, 1.165) is 102 Å². The highest BCUT2D eigenvalue weighted by Crippen LogP contribution is 2.55. The maximum absolute atomic E-state index is 13.3. The number of fused-ring (bicyclic) bond motifs is 11. The number of ketones is 1. The molecule has 0 bridgehead atoms. The van der Waals surface area contributed by atoms with E-state index in [1.165, 1.54) is 120 Å².